The lowest BCUT2D eigenvalue weighted by molar-refractivity contribution is 0.0600. The Morgan fingerprint density at radius 2 is 1.90 bits per heavy atom. The van der Waals surface area contributed by atoms with Gasteiger partial charge in [-0.15, -0.1) is 11.3 Å². The number of hydrogen-bond donors (Lipinski definition) is 1. The van der Waals surface area contributed by atoms with E-state index in [0.717, 1.165) is 38.0 Å². The van der Waals surface area contributed by atoms with Crippen LogP contribution in [-0.4, -0.2) is 48.0 Å². The number of thiazole rings is 1. The van der Waals surface area contributed by atoms with E-state index < -0.39 is 5.97 Å². The highest BCUT2D eigenvalue weighted by atomic mass is 32.1. The van der Waals surface area contributed by atoms with E-state index >= 15 is 0 Å². The number of benzene rings is 2. The summed E-state index contributed by atoms with van der Waals surface area (Å²) in [6, 6.07) is 17.7. The third-order valence-corrected chi connectivity index (χ3v) is 6.48. The van der Waals surface area contributed by atoms with Crippen molar-refractivity contribution in [2.75, 3.05) is 20.2 Å². The van der Waals surface area contributed by atoms with Gasteiger partial charge in [0, 0.05) is 31.2 Å². The predicted molar refractivity (Wildman–Crippen MR) is 121 cm³/mol. The number of esters is 1. The van der Waals surface area contributed by atoms with Gasteiger partial charge in [-0.1, -0.05) is 42.5 Å². The molecule has 0 radical (unpaired) electrons. The minimum absolute atomic E-state index is 0.0885. The molecule has 3 aromatic rings. The Labute approximate surface area is 185 Å². The molecule has 0 saturated carbocycles. The summed E-state index contributed by atoms with van der Waals surface area (Å²) in [7, 11) is 1.35. The Bertz CT molecular complexity index is 1040. The first-order valence-corrected chi connectivity index (χ1v) is 11.2. The number of amides is 1. The molecule has 4 rings (SSSR count). The number of likely N-dealkylation sites (tertiary alicyclic amines) is 1. The minimum atomic E-state index is -0.394. The second-order valence-corrected chi connectivity index (χ2v) is 8.64. The predicted octanol–water partition coefficient (Wildman–Crippen LogP) is 3.99. The lowest BCUT2D eigenvalue weighted by atomic mass is 10.0. The number of carbonyl (C=O) groups is 2. The molecular formula is C24H25N3O3S. The molecule has 1 aliphatic rings. The molecule has 1 fully saturated rings. The minimum Gasteiger partial charge on any atom is -0.465 e. The molecule has 7 heteroatoms. The molecule has 1 saturated heterocycles. The molecule has 1 aliphatic heterocycles. The van der Waals surface area contributed by atoms with Crippen molar-refractivity contribution in [3.8, 4) is 10.6 Å². The fourth-order valence-corrected chi connectivity index (χ4v) is 4.56. The lowest BCUT2D eigenvalue weighted by Gasteiger charge is -2.32. The van der Waals surface area contributed by atoms with Crippen LogP contribution in [0.25, 0.3) is 10.6 Å². The van der Waals surface area contributed by atoms with E-state index in [9.17, 15) is 9.59 Å². The molecule has 0 atom stereocenters. The summed E-state index contributed by atoms with van der Waals surface area (Å²) < 4.78 is 4.77. The number of ether oxygens (including phenoxy) is 1. The fraction of sp³-hybridized carbons (Fsp3) is 0.292. The van der Waals surface area contributed by atoms with Crippen molar-refractivity contribution in [3.05, 3.63) is 76.8 Å². The van der Waals surface area contributed by atoms with E-state index in [1.807, 2.05) is 12.1 Å². The van der Waals surface area contributed by atoms with Crippen molar-refractivity contribution in [2.45, 2.75) is 25.4 Å². The van der Waals surface area contributed by atoms with Crippen molar-refractivity contribution in [3.63, 3.8) is 0 Å². The maximum atomic E-state index is 12.7. The van der Waals surface area contributed by atoms with Crippen LogP contribution in [0.1, 0.15) is 38.4 Å². The number of rotatable bonds is 6. The van der Waals surface area contributed by atoms with E-state index in [2.05, 4.69) is 39.5 Å². The van der Waals surface area contributed by atoms with E-state index in [1.54, 1.807) is 24.4 Å². The smallest absolute Gasteiger partial charge is 0.337 e. The van der Waals surface area contributed by atoms with Crippen LogP contribution < -0.4 is 5.32 Å². The van der Waals surface area contributed by atoms with Crippen molar-refractivity contribution in [1.29, 1.82) is 0 Å². The van der Waals surface area contributed by atoms with Crippen LogP contribution in [0.5, 0.6) is 0 Å². The summed E-state index contributed by atoms with van der Waals surface area (Å²) >= 11 is 1.33. The Balaban J connectivity index is 1.32. The zero-order valence-corrected chi connectivity index (χ0v) is 18.2. The molecule has 31 heavy (non-hydrogen) atoms. The molecule has 0 aliphatic carbocycles. The molecule has 0 unspecified atom stereocenters. The molecular weight excluding hydrogens is 410 g/mol. The van der Waals surface area contributed by atoms with Crippen molar-refractivity contribution in [2.24, 2.45) is 0 Å². The first kappa shape index (κ1) is 21.2. The van der Waals surface area contributed by atoms with Gasteiger partial charge in [0.1, 0.15) is 9.88 Å². The summed E-state index contributed by atoms with van der Waals surface area (Å²) in [6.07, 6.45) is 3.47. The average molecular weight is 436 g/mol. The normalized spacial score (nSPS) is 14.9. The highest BCUT2D eigenvalue weighted by Crippen LogP contribution is 2.26. The number of carbonyl (C=O) groups excluding carboxylic acids is 2. The van der Waals surface area contributed by atoms with Gasteiger partial charge in [0.25, 0.3) is 5.91 Å². The number of nitrogens with one attached hydrogen (secondary N) is 1. The maximum absolute atomic E-state index is 12.7. The molecule has 160 valence electrons. The Kier molecular flexibility index (Phi) is 6.74. The molecule has 1 amide bonds. The fourth-order valence-electron chi connectivity index (χ4n) is 3.74. The van der Waals surface area contributed by atoms with Crippen LogP contribution in [0.15, 0.2) is 60.8 Å². The Morgan fingerprint density at radius 3 is 2.65 bits per heavy atom. The molecule has 0 spiro atoms. The second-order valence-electron chi connectivity index (χ2n) is 7.61. The molecule has 1 aromatic heterocycles. The van der Waals surface area contributed by atoms with E-state index in [1.165, 1.54) is 24.0 Å². The highest BCUT2D eigenvalue weighted by Gasteiger charge is 2.22. The summed E-state index contributed by atoms with van der Waals surface area (Å²) in [5, 5.41) is 3.86. The van der Waals surface area contributed by atoms with Crippen molar-refractivity contribution >= 4 is 23.2 Å². The molecule has 2 heterocycles. The SMILES string of the molecule is COC(=O)c1cccc(-c2ncc(C(=O)NC3CCN(Cc4ccccc4)CC3)s2)c1. The lowest BCUT2D eigenvalue weighted by Crippen LogP contribution is -2.44. The van der Waals surface area contributed by atoms with Crippen LogP contribution in [-0.2, 0) is 11.3 Å². The van der Waals surface area contributed by atoms with Crippen LogP contribution in [0.3, 0.4) is 0 Å². The van der Waals surface area contributed by atoms with E-state index in [4.69, 9.17) is 4.74 Å². The molecule has 6 nitrogen and oxygen atoms in total. The first-order chi connectivity index (χ1) is 15.1. The number of hydrogen-bond acceptors (Lipinski definition) is 6. The van der Waals surface area contributed by atoms with Gasteiger partial charge in [-0.05, 0) is 30.5 Å². The standard InChI is InChI=1S/C24H25N3O3S/c1-30-24(29)19-9-5-8-18(14-19)23-25-15-21(31-23)22(28)26-20-10-12-27(13-11-20)16-17-6-3-2-4-7-17/h2-9,14-15,20H,10-13,16H2,1H3,(H,26,28). The summed E-state index contributed by atoms with van der Waals surface area (Å²) in [4.78, 5) is 31.9. The van der Waals surface area contributed by atoms with Crippen LogP contribution in [0, 0.1) is 0 Å². The topological polar surface area (TPSA) is 71.5 Å². The van der Waals surface area contributed by atoms with Gasteiger partial charge >= 0.3 is 5.97 Å². The third kappa shape index (κ3) is 5.37. The van der Waals surface area contributed by atoms with Gasteiger partial charge in [-0.3, -0.25) is 9.69 Å². The zero-order valence-electron chi connectivity index (χ0n) is 17.4. The summed E-state index contributed by atoms with van der Waals surface area (Å²) in [5.74, 6) is -0.482. The molecule has 2 aromatic carbocycles. The van der Waals surface area contributed by atoms with Gasteiger partial charge in [-0.2, -0.15) is 0 Å². The molecule has 1 N–H and O–H groups in total. The van der Waals surface area contributed by atoms with Crippen LogP contribution in [0.4, 0.5) is 0 Å². The number of piperidine rings is 1. The number of methoxy groups -OCH3 is 1. The van der Waals surface area contributed by atoms with Crippen molar-refractivity contribution in [1.82, 2.24) is 15.2 Å². The second kappa shape index (κ2) is 9.85. The van der Waals surface area contributed by atoms with Gasteiger partial charge < -0.3 is 10.1 Å². The van der Waals surface area contributed by atoms with Crippen LogP contribution in [0.2, 0.25) is 0 Å². The largest absolute Gasteiger partial charge is 0.465 e. The van der Waals surface area contributed by atoms with E-state index in [-0.39, 0.29) is 11.9 Å². The number of nitrogens with zero attached hydrogens (tertiary/aromatic N) is 2. The maximum Gasteiger partial charge on any atom is 0.337 e. The third-order valence-electron chi connectivity index (χ3n) is 5.43. The monoisotopic (exact) mass is 435 g/mol. The van der Waals surface area contributed by atoms with Gasteiger partial charge in [0.15, 0.2) is 0 Å². The van der Waals surface area contributed by atoms with Gasteiger partial charge in [0.2, 0.25) is 0 Å². The van der Waals surface area contributed by atoms with Gasteiger partial charge in [0.05, 0.1) is 18.9 Å². The zero-order chi connectivity index (χ0) is 21.6. The highest BCUT2D eigenvalue weighted by molar-refractivity contribution is 7.16. The summed E-state index contributed by atoms with van der Waals surface area (Å²) in [5.41, 5.74) is 2.57. The van der Waals surface area contributed by atoms with Crippen molar-refractivity contribution < 1.29 is 14.3 Å². The Morgan fingerprint density at radius 1 is 1.13 bits per heavy atom. The Hall–Kier alpha value is -3.03. The average Bonchev–Trinajstić information content (AvgIpc) is 3.31. The van der Waals surface area contributed by atoms with Crippen LogP contribution >= 0.6 is 11.3 Å². The van der Waals surface area contributed by atoms with E-state index in [0.29, 0.717) is 15.4 Å². The first-order valence-electron chi connectivity index (χ1n) is 10.3. The van der Waals surface area contributed by atoms with Gasteiger partial charge in [-0.25, -0.2) is 9.78 Å². The summed E-state index contributed by atoms with van der Waals surface area (Å²) in [6.45, 7) is 2.88. The number of aromatic nitrogens is 1. The molecule has 0 bridgehead atoms. The quantitative estimate of drug-likeness (QED) is 0.593.